The molecule has 0 unspecified atom stereocenters. The van der Waals surface area contributed by atoms with Crippen molar-refractivity contribution >= 4 is 11.3 Å². The lowest BCUT2D eigenvalue weighted by Crippen LogP contribution is -2.15. The summed E-state index contributed by atoms with van der Waals surface area (Å²) in [5, 5.41) is 11.8. The molecule has 1 N–H and O–H groups in total. The number of hydrogen-bond donors (Lipinski definition) is 1. The molecule has 0 spiro atoms. The Balaban J connectivity index is 1.51. The first kappa shape index (κ1) is 11.8. The predicted molar refractivity (Wildman–Crippen MR) is 70.4 cm³/mol. The van der Waals surface area contributed by atoms with Gasteiger partial charge in [-0.15, -0.1) is 16.4 Å². The second-order valence-electron chi connectivity index (χ2n) is 4.74. The van der Waals surface area contributed by atoms with Gasteiger partial charge in [-0.25, -0.2) is 4.98 Å². The van der Waals surface area contributed by atoms with Crippen LogP contribution < -0.4 is 5.32 Å². The van der Waals surface area contributed by atoms with E-state index in [0.717, 1.165) is 36.9 Å². The molecule has 0 aromatic carbocycles. The normalized spacial score (nSPS) is 15.2. The minimum absolute atomic E-state index is 0.718. The van der Waals surface area contributed by atoms with Crippen molar-refractivity contribution in [3.05, 3.63) is 28.0 Å². The van der Waals surface area contributed by atoms with Gasteiger partial charge in [0.2, 0.25) is 0 Å². The van der Waals surface area contributed by atoms with Gasteiger partial charge in [0.15, 0.2) is 0 Å². The molecule has 3 rings (SSSR count). The topological polar surface area (TPSA) is 55.6 Å². The van der Waals surface area contributed by atoms with Crippen LogP contribution in [0.1, 0.15) is 29.1 Å². The molecule has 2 aromatic heterocycles. The van der Waals surface area contributed by atoms with E-state index in [0.29, 0.717) is 0 Å². The van der Waals surface area contributed by atoms with E-state index in [4.69, 9.17) is 0 Å². The van der Waals surface area contributed by atoms with Crippen LogP contribution in [0.2, 0.25) is 0 Å². The van der Waals surface area contributed by atoms with Crippen LogP contribution in [0.3, 0.4) is 0 Å². The van der Waals surface area contributed by atoms with Crippen molar-refractivity contribution in [1.82, 2.24) is 25.3 Å². The Labute approximate surface area is 110 Å². The second-order valence-corrected chi connectivity index (χ2v) is 5.68. The van der Waals surface area contributed by atoms with Crippen molar-refractivity contribution in [3.63, 3.8) is 0 Å². The molecule has 1 fully saturated rings. The van der Waals surface area contributed by atoms with Crippen LogP contribution in [0.15, 0.2) is 11.7 Å². The second kappa shape index (κ2) is 5.16. The SMILES string of the molecule is Cc1ncsc1CCn1cc(CNC2CC2)nn1. The zero-order valence-corrected chi connectivity index (χ0v) is 11.3. The van der Waals surface area contributed by atoms with Crippen molar-refractivity contribution in [1.29, 1.82) is 0 Å². The molecule has 1 aliphatic carbocycles. The van der Waals surface area contributed by atoms with E-state index in [1.807, 2.05) is 16.4 Å². The zero-order valence-electron chi connectivity index (χ0n) is 10.5. The molecule has 18 heavy (non-hydrogen) atoms. The van der Waals surface area contributed by atoms with Crippen LogP contribution >= 0.6 is 11.3 Å². The summed E-state index contributed by atoms with van der Waals surface area (Å²) in [4.78, 5) is 5.59. The van der Waals surface area contributed by atoms with Crippen LogP contribution in [0.4, 0.5) is 0 Å². The van der Waals surface area contributed by atoms with Gasteiger partial charge in [0, 0.05) is 36.6 Å². The summed E-state index contributed by atoms with van der Waals surface area (Å²) in [5.41, 5.74) is 4.07. The first-order valence-corrected chi connectivity index (χ1v) is 7.20. The summed E-state index contributed by atoms with van der Waals surface area (Å²) in [7, 11) is 0. The monoisotopic (exact) mass is 263 g/mol. The third-order valence-corrected chi connectivity index (χ3v) is 4.14. The van der Waals surface area contributed by atoms with E-state index in [1.54, 1.807) is 11.3 Å². The van der Waals surface area contributed by atoms with Crippen LogP contribution in [0, 0.1) is 6.92 Å². The maximum absolute atomic E-state index is 4.25. The smallest absolute Gasteiger partial charge is 0.0964 e. The van der Waals surface area contributed by atoms with Crippen LogP contribution in [-0.4, -0.2) is 26.0 Å². The molecule has 1 aliphatic rings. The van der Waals surface area contributed by atoms with Gasteiger partial charge in [0.1, 0.15) is 0 Å². The van der Waals surface area contributed by atoms with E-state index in [2.05, 4.69) is 27.5 Å². The van der Waals surface area contributed by atoms with E-state index in [-0.39, 0.29) is 0 Å². The standard InChI is InChI=1S/C12H17N5S/c1-9-12(18-8-14-9)4-5-17-7-11(15-16-17)6-13-10-2-3-10/h7-8,10,13H,2-6H2,1H3. The third kappa shape index (κ3) is 2.94. The molecule has 5 nitrogen and oxygen atoms in total. The molecular weight excluding hydrogens is 246 g/mol. The largest absolute Gasteiger partial charge is 0.308 e. The highest BCUT2D eigenvalue weighted by Crippen LogP contribution is 2.19. The van der Waals surface area contributed by atoms with Crippen LogP contribution in [0.5, 0.6) is 0 Å². The number of thiazole rings is 1. The Bertz CT molecular complexity index is 514. The lowest BCUT2D eigenvalue weighted by Gasteiger charge is -1.99. The lowest BCUT2D eigenvalue weighted by atomic mass is 10.3. The average Bonchev–Trinajstić information content (AvgIpc) is 2.94. The Morgan fingerprint density at radius 2 is 2.39 bits per heavy atom. The lowest BCUT2D eigenvalue weighted by molar-refractivity contribution is 0.590. The highest BCUT2D eigenvalue weighted by Gasteiger charge is 2.20. The fourth-order valence-corrected chi connectivity index (χ4v) is 2.62. The molecule has 96 valence electrons. The molecule has 0 bridgehead atoms. The minimum atomic E-state index is 0.718. The first-order chi connectivity index (χ1) is 8.81. The highest BCUT2D eigenvalue weighted by molar-refractivity contribution is 7.09. The molecule has 6 heteroatoms. The van der Waals surface area contributed by atoms with Crippen molar-refractivity contribution in [2.45, 2.75) is 45.3 Å². The van der Waals surface area contributed by atoms with Crippen molar-refractivity contribution < 1.29 is 0 Å². The Hall–Kier alpha value is -1.27. The summed E-state index contributed by atoms with van der Waals surface area (Å²) < 4.78 is 1.92. The van der Waals surface area contributed by atoms with Gasteiger partial charge in [0.25, 0.3) is 0 Å². The van der Waals surface area contributed by atoms with Crippen molar-refractivity contribution in [2.24, 2.45) is 0 Å². The molecule has 2 heterocycles. The highest BCUT2D eigenvalue weighted by atomic mass is 32.1. The summed E-state index contributed by atoms with van der Waals surface area (Å²) >= 11 is 1.71. The van der Waals surface area contributed by atoms with Crippen LogP contribution in [0.25, 0.3) is 0 Å². The predicted octanol–water partition coefficient (Wildman–Crippen LogP) is 1.54. The number of aryl methyl sites for hydroxylation is 3. The van der Waals surface area contributed by atoms with E-state index < -0.39 is 0 Å². The number of hydrogen-bond acceptors (Lipinski definition) is 5. The zero-order chi connectivity index (χ0) is 12.4. The van der Waals surface area contributed by atoms with Gasteiger partial charge < -0.3 is 5.32 Å². The Morgan fingerprint density at radius 3 is 3.11 bits per heavy atom. The van der Waals surface area contributed by atoms with Gasteiger partial charge in [-0.05, 0) is 19.8 Å². The molecular formula is C12H17N5S. The summed E-state index contributed by atoms with van der Waals surface area (Å²) in [5.74, 6) is 0. The molecule has 0 aliphatic heterocycles. The number of nitrogens with one attached hydrogen (secondary N) is 1. The van der Waals surface area contributed by atoms with E-state index in [9.17, 15) is 0 Å². The van der Waals surface area contributed by atoms with Gasteiger partial charge in [0.05, 0.1) is 16.9 Å². The first-order valence-electron chi connectivity index (χ1n) is 6.32. The fourth-order valence-electron chi connectivity index (χ4n) is 1.85. The fraction of sp³-hybridized carbons (Fsp3) is 0.583. The maximum Gasteiger partial charge on any atom is 0.0964 e. The Morgan fingerprint density at radius 1 is 1.50 bits per heavy atom. The number of rotatable bonds is 6. The molecule has 0 radical (unpaired) electrons. The third-order valence-electron chi connectivity index (χ3n) is 3.15. The molecule has 0 saturated heterocycles. The minimum Gasteiger partial charge on any atom is -0.308 e. The molecule has 2 aromatic rings. The van der Waals surface area contributed by atoms with Gasteiger partial charge >= 0.3 is 0 Å². The van der Waals surface area contributed by atoms with E-state index >= 15 is 0 Å². The van der Waals surface area contributed by atoms with Crippen molar-refractivity contribution in [3.8, 4) is 0 Å². The Kier molecular flexibility index (Phi) is 3.38. The summed E-state index contributed by atoms with van der Waals surface area (Å²) in [6, 6.07) is 0.718. The van der Waals surface area contributed by atoms with Gasteiger partial charge in [-0.2, -0.15) is 0 Å². The summed E-state index contributed by atoms with van der Waals surface area (Å²) in [6.45, 7) is 3.77. The van der Waals surface area contributed by atoms with Gasteiger partial charge in [-0.1, -0.05) is 5.21 Å². The van der Waals surface area contributed by atoms with E-state index in [1.165, 1.54) is 17.7 Å². The molecule has 0 atom stereocenters. The molecule has 1 saturated carbocycles. The number of nitrogens with zero attached hydrogens (tertiary/aromatic N) is 4. The van der Waals surface area contributed by atoms with Crippen LogP contribution in [-0.2, 0) is 19.5 Å². The van der Waals surface area contributed by atoms with Crippen molar-refractivity contribution in [2.75, 3.05) is 0 Å². The number of aromatic nitrogens is 4. The summed E-state index contributed by atoms with van der Waals surface area (Å²) in [6.07, 6.45) is 5.62. The average molecular weight is 263 g/mol. The van der Waals surface area contributed by atoms with Gasteiger partial charge in [-0.3, -0.25) is 4.68 Å². The molecule has 0 amide bonds. The maximum atomic E-state index is 4.25. The quantitative estimate of drug-likeness (QED) is 0.859.